The standard InChI is InChI=1S/C19H35NO4/c1-3-5-10-14-23-18(21)16-17(20-12-8-7-9-13-20)19(22)24-15-11-6-4-2/h17H,3-16H2,1-2H3/p+1/t17-/m1/s1. The molecule has 24 heavy (non-hydrogen) atoms. The van der Waals surface area contributed by atoms with Crippen LogP contribution in [0.3, 0.4) is 0 Å². The highest BCUT2D eigenvalue weighted by Crippen LogP contribution is 2.04. The summed E-state index contributed by atoms with van der Waals surface area (Å²) in [4.78, 5) is 25.8. The van der Waals surface area contributed by atoms with E-state index in [1.54, 1.807) is 0 Å². The van der Waals surface area contributed by atoms with Crippen molar-refractivity contribution in [3.8, 4) is 0 Å². The van der Waals surface area contributed by atoms with Crippen LogP contribution in [0.5, 0.6) is 0 Å². The molecule has 5 nitrogen and oxygen atoms in total. The van der Waals surface area contributed by atoms with Crippen LogP contribution in [0, 0.1) is 0 Å². The lowest BCUT2D eigenvalue weighted by Gasteiger charge is -2.29. The van der Waals surface area contributed by atoms with Gasteiger partial charge in [-0.1, -0.05) is 39.5 Å². The van der Waals surface area contributed by atoms with Crippen molar-refractivity contribution in [1.82, 2.24) is 0 Å². The van der Waals surface area contributed by atoms with Gasteiger partial charge in [-0.3, -0.25) is 4.79 Å². The Kier molecular flexibility index (Phi) is 11.5. The van der Waals surface area contributed by atoms with E-state index in [4.69, 9.17) is 9.47 Å². The number of unbranched alkanes of at least 4 members (excludes halogenated alkanes) is 4. The summed E-state index contributed by atoms with van der Waals surface area (Å²) >= 11 is 0. The van der Waals surface area contributed by atoms with Crippen LogP contribution in [0.1, 0.15) is 78.1 Å². The Morgan fingerprint density at radius 1 is 0.875 bits per heavy atom. The first kappa shape index (κ1) is 20.9. The Balaban J connectivity index is 2.47. The molecule has 0 amide bonds. The zero-order valence-electron chi connectivity index (χ0n) is 15.6. The minimum absolute atomic E-state index is 0.147. The molecule has 0 unspecified atom stereocenters. The third kappa shape index (κ3) is 8.67. The van der Waals surface area contributed by atoms with Gasteiger partial charge in [-0.15, -0.1) is 0 Å². The van der Waals surface area contributed by atoms with Gasteiger partial charge in [-0.2, -0.15) is 0 Å². The number of rotatable bonds is 12. The molecule has 1 rings (SSSR count). The van der Waals surface area contributed by atoms with E-state index >= 15 is 0 Å². The van der Waals surface area contributed by atoms with E-state index in [1.165, 1.54) is 11.3 Å². The van der Waals surface area contributed by atoms with Crippen LogP contribution in [-0.4, -0.2) is 44.3 Å². The van der Waals surface area contributed by atoms with Gasteiger partial charge in [0.05, 0.1) is 26.3 Å². The molecule has 0 aliphatic carbocycles. The molecular formula is C19H36NO4+. The Morgan fingerprint density at radius 3 is 2.04 bits per heavy atom. The molecule has 1 heterocycles. The summed E-state index contributed by atoms with van der Waals surface area (Å²) in [6.45, 7) is 7.04. The number of quaternary nitrogens is 1. The lowest BCUT2D eigenvalue weighted by atomic mass is 10.1. The Morgan fingerprint density at radius 2 is 1.46 bits per heavy atom. The predicted molar refractivity (Wildman–Crippen MR) is 93.9 cm³/mol. The number of carbonyl (C=O) groups excluding carboxylic acids is 2. The van der Waals surface area contributed by atoms with E-state index in [0.717, 1.165) is 64.5 Å². The fraction of sp³-hybridized carbons (Fsp3) is 0.895. The number of piperidine rings is 1. The maximum absolute atomic E-state index is 12.5. The van der Waals surface area contributed by atoms with Gasteiger partial charge in [-0.05, 0) is 32.1 Å². The van der Waals surface area contributed by atoms with Gasteiger partial charge in [0.25, 0.3) is 0 Å². The van der Waals surface area contributed by atoms with Crippen LogP contribution >= 0.6 is 0 Å². The molecule has 1 saturated heterocycles. The number of hydrogen-bond donors (Lipinski definition) is 1. The average Bonchev–Trinajstić information content (AvgIpc) is 2.61. The highest BCUT2D eigenvalue weighted by atomic mass is 16.5. The first-order chi connectivity index (χ1) is 11.7. The summed E-state index contributed by atoms with van der Waals surface area (Å²) < 4.78 is 10.7. The third-order valence-corrected chi connectivity index (χ3v) is 4.65. The summed E-state index contributed by atoms with van der Waals surface area (Å²) in [6.07, 6.45) is 9.70. The third-order valence-electron chi connectivity index (χ3n) is 4.65. The molecule has 0 radical (unpaired) electrons. The van der Waals surface area contributed by atoms with Gasteiger partial charge < -0.3 is 14.4 Å². The smallest absolute Gasteiger partial charge is 0.365 e. The van der Waals surface area contributed by atoms with E-state index in [9.17, 15) is 9.59 Å². The minimum atomic E-state index is -0.398. The molecule has 1 atom stereocenters. The van der Waals surface area contributed by atoms with Crippen molar-refractivity contribution in [2.75, 3.05) is 26.3 Å². The lowest BCUT2D eigenvalue weighted by Crippen LogP contribution is -3.17. The summed E-state index contributed by atoms with van der Waals surface area (Å²) in [5.74, 6) is -0.492. The van der Waals surface area contributed by atoms with Gasteiger partial charge in [-0.25, -0.2) is 4.79 Å². The fourth-order valence-electron chi connectivity index (χ4n) is 3.14. The van der Waals surface area contributed by atoms with Gasteiger partial charge in [0.1, 0.15) is 6.42 Å². The first-order valence-corrected chi connectivity index (χ1v) is 9.85. The fourth-order valence-corrected chi connectivity index (χ4v) is 3.14. The van der Waals surface area contributed by atoms with Crippen LogP contribution in [-0.2, 0) is 19.1 Å². The second-order valence-corrected chi connectivity index (χ2v) is 6.78. The molecule has 0 aromatic rings. The first-order valence-electron chi connectivity index (χ1n) is 9.85. The van der Waals surface area contributed by atoms with E-state index in [0.29, 0.717) is 13.2 Å². The van der Waals surface area contributed by atoms with Gasteiger partial charge in [0.15, 0.2) is 6.04 Å². The largest absolute Gasteiger partial charge is 0.465 e. The van der Waals surface area contributed by atoms with Crippen LogP contribution in [0.2, 0.25) is 0 Å². The van der Waals surface area contributed by atoms with E-state index in [1.807, 2.05) is 0 Å². The molecule has 1 fully saturated rings. The molecule has 1 aliphatic rings. The highest BCUT2D eigenvalue weighted by molar-refractivity contribution is 5.81. The highest BCUT2D eigenvalue weighted by Gasteiger charge is 2.34. The average molecular weight is 343 g/mol. The van der Waals surface area contributed by atoms with Crippen molar-refractivity contribution in [2.24, 2.45) is 0 Å². The molecule has 140 valence electrons. The summed E-state index contributed by atoms with van der Waals surface area (Å²) in [6, 6.07) is -0.398. The van der Waals surface area contributed by atoms with Gasteiger partial charge in [0, 0.05) is 0 Å². The molecule has 0 bridgehead atoms. The van der Waals surface area contributed by atoms with Crippen molar-refractivity contribution >= 4 is 11.9 Å². The number of carbonyl (C=O) groups is 2. The molecule has 0 saturated carbocycles. The summed E-state index contributed by atoms with van der Waals surface area (Å²) in [7, 11) is 0. The molecule has 5 heteroatoms. The number of esters is 2. The zero-order valence-corrected chi connectivity index (χ0v) is 15.6. The number of nitrogens with one attached hydrogen (secondary N) is 1. The second-order valence-electron chi connectivity index (χ2n) is 6.78. The quantitative estimate of drug-likeness (QED) is 0.437. The van der Waals surface area contributed by atoms with E-state index < -0.39 is 6.04 Å². The number of likely N-dealkylation sites (tertiary alicyclic amines) is 1. The van der Waals surface area contributed by atoms with Gasteiger partial charge >= 0.3 is 11.9 Å². The SMILES string of the molecule is CCCCCOC(=O)C[C@H](C(=O)OCCCCC)[NH+]1CCCCC1. The van der Waals surface area contributed by atoms with Crippen molar-refractivity contribution in [2.45, 2.75) is 84.1 Å². The summed E-state index contributed by atoms with van der Waals surface area (Å²) in [5, 5.41) is 0. The second kappa shape index (κ2) is 13.2. The van der Waals surface area contributed by atoms with Crippen molar-refractivity contribution in [3.05, 3.63) is 0 Å². The Bertz CT molecular complexity index is 353. The number of hydrogen-bond acceptors (Lipinski definition) is 4. The van der Waals surface area contributed by atoms with Crippen molar-refractivity contribution in [3.63, 3.8) is 0 Å². The molecule has 1 N–H and O–H groups in total. The van der Waals surface area contributed by atoms with Crippen LogP contribution in [0.25, 0.3) is 0 Å². The predicted octanol–water partition coefficient (Wildman–Crippen LogP) is 2.28. The number of ether oxygens (including phenoxy) is 2. The maximum Gasteiger partial charge on any atom is 0.365 e. The minimum Gasteiger partial charge on any atom is -0.465 e. The summed E-state index contributed by atoms with van der Waals surface area (Å²) in [5.41, 5.74) is 0. The molecule has 0 aromatic heterocycles. The van der Waals surface area contributed by atoms with Crippen LogP contribution < -0.4 is 4.90 Å². The topological polar surface area (TPSA) is 57.0 Å². The van der Waals surface area contributed by atoms with Gasteiger partial charge in [0.2, 0.25) is 0 Å². The van der Waals surface area contributed by atoms with Crippen LogP contribution in [0.4, 0.5) is 0 Å². The molecular weight excluding hydrogens is 306 g/mol. The Labute approximate surface area is 147 Å². The van der Waals surface area contributed by atoms with E-state index in [-0.39, 0.29) is 18.4 Å². The molecule has 0 aromatic carbocycles. The lowest BCUT2D eigenvalue weighted by molar-refractivity contribution is -0.921. The maximum atomic E-state index is 12.5. The molecule has 1 aliphatic heterocycles. The molecule has 0 spiro atoms. The monoisotopic (exact) mass is 342 g/mol. The normalized spacial score (nSPS) is 16.6. The Hall–Kier alpha value is -1.10. The van der Waals surface area contributed by atoms with Crippen molar-refractivity contribution in [1.29, 1.82) is 0 Å². The van der Waals surface area contributed by atoms with Crippen LogP contribution in [0.15, 0.2) is 0 Å². The van der Waals surface area contributed by atoms with Crippen molar-refractivity contribution < 1.29 is 24.0 Å². The van der Waals surface area contributed by atoms with E-state index in [2.05, 4.69) is 13.8 Å². The zero-order chi connectivity index (χ0) is 17.6.